The smallest absolute Gasteiger partial charge is 0.267 e. The third-order valence-corrected chi connectivity index (χ3v) is 7.37. The van der Waals surface area contributed by atoms with Crippen LogP contribution in [0.3, 0.4) is 0 Å². The molecule has 0 atom stereocenters. The van der Waals surface area contributed by atoms with Crippen LogP contribution in [0.25, 0.3) is 0 Å². The summed E-state index contributed by atoms with van der Waals surface area (Å²) in [6.45, 7) is 7.13. The summed E-state index contributed by atoms with van der Waals surface area (Å²) in [5.74, 6) is -0.481. The van der Waals surface area contributed by atoms with E-state index < -0.39 is 15.9 Å². The van der Waals surface area contributed by atoms with Gasteiger partial charge in [0.25, 0.3) is 5.91 Å². The Morgan fingerprint density at radius 1 is 1.03 bits per heavy atom. The van der Waals surface area contributed by atoms with E-state index in [4.69, 9.17) is 0 Å². The number of hydrogen-bond acceptors (Lipinski definition) is 5. The summed E-state index contributed by atoms with van der Waals surface area (Å²) in [5, 5.41) is 12.3. The highest BCUT2D eigenvalue weighted by Crippen LogP contribution is 2.20. The third-order valence-electron chi connectivity index (χ3n) is 5.46. The summed E-state index contributed by atoms with van der Waals surface area (Å²) in [6, 6.07) is 14.3. The summed E-state index contributed by atoms with van der Waals surface area (Å²) in [6.07, 6.45) is 1.51. The van der Waals surface area contributed by atoms with Crippen molar-refractivity contribution in [3.05, 3.63) is 70.9 Å². The fourth-order valence-electron chi connectivity index (χ4n) is 3.33. The zero-order valence-electron chi connectivity index (χ0n) is 17.9. The lowest BCUT2D eigenvalue weighted by Crippen LogP contribution is -2.46. The molecule has 0 aromatic heterocycles. The first-order valence-corrected chi connectivity index (χ1v) is 11.5. The van der Waals surface area contributed by atoms with E-state index in [0.29, 0.717) is 18.8 Å². The first-order valence-electron chi connectivity index (χ1n) is 10.0. The average molecular weight is 439 g/mol. The maximum Gasteiger partial charge on any atom is 0.267 e. The van der Waals surface area contributed by atoms with Crippen LogP contribution < -0.4 is 5.32 Å². The Balaban J connectivity index is 1.66. The van der Waals surface area contributed by atoms with Crippen LogP contribution in [0.4, 0.5) is 5.69 Å². The van der Waals surface area contributed by atoms with Crippen molar-refractivity contribution in [3.63, 3.8) is 0 Å². The number of nitriles is 1. The highest BCUT2D eigenvalue weighted by atomic mass is 32.2. The fourth-order valence-corrected chi connectivity index (χ4v) is 4.75. The number of piperazine rings is 1. The van der Waals surface area contributed by atoms with Gasteiger partial charge in [-0.3, -0.25) is 4.79 Å². The van der Waals surface area contributed by atoms with Crippen LogP contribution in [0.2, 0.25) is 0 Å². The number of rotatable bonds is 5. The van der Waals surface area contributed by atoms with Gasteiger partial charge in [0.05, 0.1) is 4.90 Å². The molecule has 0 unspecified atom stereocenters. The molecule has 1 heterocycles. The van der Waals surface area contributed by atoms with Crippen molar-refractivity contribution < 1.29 is 13.2 Å². The van der Waals surface area contributed by atoms with E-state index in [1.807, 2.05) is 43.9 Å². The highest BCUT2D eigenvalue weighted by molar-refractivity contribution is 7.89. The lowest BCUT2D eigenvalue weighted by molar-refractivity contribution is -0.112. The molecular weight excluding hydrogens is 412 g/mol. The molecule has 0 radical (unpaired) electrons. The van der Waals surface area contributed by atoms with Crippen molar-refractivity contribution >= 4 is 21.6 Å². The predicted octanol–water partition coefficient (Wildman–Crippen LogP) is 2.96. The van der Waals surface area contributed by atoms with Gasteiger partial charge in [-0.2, -0.15) is 9.57 Å². The van der Waals surface area contributed by atoms with E-state index >= 15 is 0 Å². The zero-order valence-corrected chi connectivity index (χ0v) is 18.7. The lowest BCUT2D eigenvalue weighted by Gasteiger charge is -2.33. The monoisotopic (exact) mass is 438 g/mol. The molecule has 0 spiro atoms. The van der Waals surface area contributed by atoms with Gasteiger partial charge < -0.3 is 10.2 Å². The fraction of sp³-hybridized carbons (Fsp3) is 0.304. The second-order valence-corrected chi connectivity index (χ2v) is 9.55. The van der Waals surface area contributed by atoms with Crippen molar-refractivity contribution in [1.29, 1.82) is 5.26 Å². The summed E-state index contributed by atoms with van der Waals surface area (Å²) < 4.78 is 27.1. The Hall–Kier alpha value is -3.15. The van der Waals surface area contributed by atoms with Crippen LogP contribution in [0.1, 0.15) is 16.7 Å². The van der Waals surface area contributed by atoms with E-state index in [1.165, 1.54) is 10.5 Å². The maximum atomic E-state index is 12.8. The van der Waals surface area contributed by atoms with Gasteiger partial charge in [-0.05, 0) is 50.1 Å². The van der Waals surface area contributed by atoms with Gasteiger partial charge in [-0.25, -0.2) is 8.42 Å². The minimum atomic E-state index is -3.56. The third kappa shape index (κ3) is 5.13. The number of amides is 1. The Morgan fingerprint density at radius 2 is 1.68 bits per heavy atom. The van der Waals surface area contributed by atoms with Crippen LogP contribution in [0.15, 0.2) is 59.1 Å². The van der Waals surface area contributed by atoms with Crippen LogP contribution in [0.5, 0.6) is 0 Å². The van der Waals surface area contributed by atoms with Gasteiger partial charge >= 0.3 is 0 Å². The van der Waals surface area contributed by atoms with Crippen molar-refractivity contribution in [2.45, 2.75) is 25.7 Å². The van der Waals surface area contributed by atoms with Gasteiger partial charge in [0.2, 0.25) is 10.0 Å². The minimum absolute atomic E-state index is 0.0178. The second kappa shape index (κ2) is 9.33. The molecule has 8 heteroatoms. The second-order valence-electron chi connectivity index (χ2n) is 7.61. The molecule has 1 amide bonds. The minimum Gasteiger partial charge on any atom is -0.373 e. The number of anilines is 1. The largest absolute Gasteiger partial charge is 0.373 e. The molecule has 1 N–H and O–H groups in total. The number of sulfonamides is 1. The SMILES string of the molecule is Cc1ccc(S(=O)(=O)N2CCN(/C=C(/C#N)C(=O)Nc3cccc(C)c3C)CC2)cc1. The topological polar surface area (TPSA) is 93.5 Å². The van der Waals surface area contributed by atoms with Gasteiger partial charge in [-0.1, -0.05) is 29.8 Å². The molecule has 1 aliphatic heterocycles. The first-order chi connectivity index (χ1) is 14.7. The number of nitrogens with one attached hydrogen (secondary N) is 1. The number of carbonyl (C=O) groups excluding carboxylic acids is 1. The van der Waals surface area contributed by atoms with Crippen LogP contribution in [-0.2, 0) is 14.8 Å². The molecule has 2 aromatic rings. The summed E-state index contributed by atoms with van der Waals surface area (Å²) >= 11 is 0. The predicted molar refractivity (Wildman–Crippen MR) is 120 cm³/mol. The Bertz CT molecular complexity index is 1140. The number of nitrogens with zero attached hydrogens (tertiary/aromatic N) is 3. The number of aryl methyl sites for hydroxylation is 2. The van der Waals surface area contributed by atoms with Crippen molar-refractivity contribution in [2.24, 2.45) is 0 Å². The molecule has 1 saturated heterocycles. The van der Waals surface area contributed by atoms with E-state index in [-0.39, 0.29) is 23.6 Å². The first kappa shape index (κ1) is 22.5. The lowest BCUT2D eigenvalue weighted by atomic mass is 10.1. The number of hydrogen-bond donors (Lipinski definition) is 1. The molecule has 0 aliphatic carbocycles. The normalized spacial score (nSPS) is 15.4. The van der Waals surface area contributed by atoms with Crippen molar-refractivity contribution in [2.75, 3.05) is 31.5 Å². The van der Waals surface area contributed by atoms with E-state index in [0.717, 1.165) is 16.7 Å². The van der Waals surface area contributed by atoms with Gasteiger partial charge in [0.1, 0.15) is 11.6 Å². The molecule has 1 aliphatic rings. The quantitative estimate of drug-likeness (QED) is 0.572. The highest BCUT2D eigenvalue weighted by Gasteiger charge is 2.28. The Labute approximate surface area is 183 Å². The van der Waals surface area contributed by atoms with Gasteiger partial charge in [-0.15, -0.1) is 0 Å². The standard InChI is InChI=1S/C23H26N4O3S/c1-17-7-9-21(10-8-17)31(29,30)27-13-11-26(12-14-27)16-20(15-24)23(28)25-22-6-4-5-18(2)19(22)3/h4-10,16H,11-14H2,1-3H3,(H,25,28)/b20-16-. The number of benzene rings is 2. The molecule has 1 fully saturated rings. The molecule has 2 aromatic carbocycles. The molecule has 0 saturated carbocycles. The Kier molecular flexibility index (Phi) is 6.78. The van der Waals surface area contributed by atoms with Crippen LogP contribution >= 0.6 is 0 Å². The average Bonchev–Trinajstić information content (AvgIpc) is 2.76. The zero-order chi connectivity index (χ0) is 22.6. The Morgan fingerprint density at radius 3 is 2.29 bits per heavy atom. The number of carbonyl (C=O) groups is 1. The molecular formula is C23H26N4O3S. The van der Waals surface area contributed by atoms with Crippen molar-refractivity contribution in [1.82, 2.24) is 9.21 Å². The summed E-state index contributed by atoms with van der Waals surface area (Å²) in [7, 11) is -3.56. The van der Waals surface area contributed by atoms with Crippen LogP contribution in [-0.4, -0.2) is 49.7 Å². The van der Waals surface area contributed by atoms with E-state index in [1.54, 1.807) is 30.3 Å². The molecule has 162 valence electrons. The molecule has 7 nitrogen and oxygen atoms in total. The van der Waals surface area contributed by atoms with E-state index in [2.05, 4.69) is 5.32 Å². The van der Waals surface area contributed by atoms with E-state index in [9.17, 15) is 18.5 Å². The van der Waals surface area contributed by atoms with Gasteiger partial charge in [0, 0.05) is 38.1 Å². The molecule has 3 rings (SSSR count). The molecule has 31 heavy (non-hydrogen) atoms. The summed E-state index contributed by atoms with van der Waals surface area (Å²) in [4.78, 5) is 14.7. The van der Waals surface area contributed by atoms with Crippen LogP contribution in [0, 0.1) is 32.1 Å². The van der Waals surface area contributed by atoms with Gasteiger partial charge in [0.15, 0.2) is 0 Å². The molecule has 0 bridgehead atoms. The summed E-state index contributed by atoms with van der Waals surface area (Å²) in [5.41, 5.74) is 3.64. The van der Waals surface area contributed by atoms with Crippen molar-refractivity contribution in [3.8, 4) is 6.07 Å². The maximum absolute atomic E-state index is 12.8.